The summed E-state index contributed by atoms with van der Waals surface area (Å²) in [6, 6.07) is 14.3. The Hall–Kier alpha value is -4.27. The molecule has 0 unspecified atom stereocenters. The van der Waals surface area contributed by atoms with E-state index in [4.69, 9.17) is 13.9 Å². The summed E-state index contributed by atoms with van der Waals surface area (Å²) in [5, 5.41) is 8.40. The largest absolute Gasteiger partial charge is 0.492 e. The summed E-state index contributed by atoms with van der Waals surface area (Å²) in [6.45, 7) is 7.93. The van der Waals surface area contributed by atoms with Crippen LogP contribution in [0.3, 0.4) is 0 Å². The van der Waals surface area contributed by atoms with E-state index in [-0.39, 0.29) is 17.6 Å². The Balaban J connectivity index is 1.87. The summed E-state index contributed by atoms with van der Waals surface area (Å²) in [5.41, 5.74) is 1.24. The maximum absolute atomic E-state index is 13.2. The predicted octanol–water partition coefficient (Wildman–Crippen LogP) is 4.72. The maximum atomic E-state index is 13.2. The highest BCUT2D eigenvalue weighted by Gasteiger charge is 2.27. The van der Waals surface area contributed by atoms with Crippen molar-refractivity contribution in [2.45, 2.75) is 33.7 Å². The minimum atomic E-state index is -0.843. The molecule has 1 heterocycles. The molecule has 0 aliphatic carbocycles. The van der Waals surface area contributed by atoms with Gasteiger partial charge in [-0.2, -0.15) is 0 Å². The molecule has 3 amide bonds. The zero-order chi connectivity index (χ0) is 26.1. The van der Waals surface area contributed by atoms with Crippen LogP contribution in [0.4, 0.5) is 11.4 Å². The SMILES string of the molecule is CCOc1cc(NC(=O)[C@@H](NC(=O)c2ccco2)C(C)C)c(OCC)cc1NC(=O)c1ccccc1. The van der Waals surface area contributed by atoms with Gasteiger partial charge in [0, 0.05) is 17.7 Å². The monoisotopic (exact) mass is 493 g/mol. The Morgan fingerprint density at radius 2 is 1.44 bits per heavy atom. The lowest BCUT2D eigenvalue weighted by Crippen LogP contribution is -2.47. The molecule has 190 valence electrons. The van der Waals surface area contributed by atoms with Crippen molar-refractivity contribution in [3.05, 3.63) is 72.2 Å². The molecule has 1 aromatic heterocycles. The van der Waals surface area contributed by atoms with Crippen LogP contribution in [0.2, 0.25) is 0 Å². The van der Waals surface area contributed by atoms with Gasteiger partial charge in [0.2, 0.25) is 5.91 Å². The summed E-state index contributed by atoms with van der Waals surface area (Å²) in [4.78, 5) is 38.4. The van der Waals surface area contributed by atoms with Crippen molar-refractivity contribution in [3.8, 4) is 11.5 Å². The zero-order valence-corrected chi connectivity index (χ0v) is 20.8. The van der Waals surface area contributed by atoms with E-state index in [2.05, 4.69) is 16.0 Å². The molecule has 0 spiro atoms. The molecule has 0 bridgehead atoms. The van der Waals surface area contributed by atoms with Crippen LogP contribution in [0.25, 0.3) is 0 Å². The molecule has 0 aliphatic heterocycles. The molecule has 9 nitrogen and oxygen atoms in total. The topological polar surface area (TPSA) is 119 Å². The van der Waals surface area contributed by atoms with Crippen LogP contribution in [-0.2, 0) is 4.79 Å². The number of furan rings is 1. The third-order valence-corrected chi connectivity index (χ3v) is 5.20. The van der Waals surface area contributed by atoms with Crippen molar-refractivity contribution in [1.82, 2.24) is 5.32 Å². The molecular weight excluding hydrogens is 462 g/mol. The van der Waals surface area contributed by atoms with Gasteiger partial charge < -0.3 is 29.8 Å². The fraction of sp³-hybridized carbons (Fsp3) is 0.296. The second kappa shape index (κ2) is 12.4. The van der Waals surface area contributed by atoms with Crippen molar-refractivity contribution in [2.75, 3.05) is 23.8 Å². The Kier molecular flexibility index (Phi) is 9.10. The molecule has 1 atom stereocenters. The number of hydrogen-bond donors (Lipinski definition) is 3. The van der Waals surface area contributed by atoms with Gasteiger partial charge in [0.25, 0.3) is 11.8 Å². The number of carbonyl (C=O) groups is 3. The van der Waals surface area contributed by atoms with Gasteiger partial charge in [0.05, 0.1) is 30.9 Å². The lowest BCUT2D eigenvalue weighted by atomic mass is 10.0. The van der Waals surface area contributed by atoms with Crippen LogP contribution in [0, 0.1) is 5.92 Å². The Bertz CT molecular complexity index is 1180. The summed E-state index contributed by atoms with van der Waals surface area (Å²) < 4.78 is 16.6. The number of carbonyl (C=O) groups excluding carboxylic acids is 3. The molecular formula is C27H31N3O6. The Morgan fingerprint density at radius 1 is 0.833 bits per heavy atom. The molecule has 36 heavy (non-hydrogen) atoms. The smallest absolute Gasteiger partial charge is 0.287 e. The van der Waals surface area contributed by atoms with Crippen molar-refractivity contribution in [2.24, 2.45) is 5.92 Å². The molecule has 0 radical (unpaired) electrons. The van der Waals surface area contributed by atoms with Crippen molar-refractivity contribution in [1.29, 1.82) is 0 Å². The average Bonchev–Trinajstić information content (AvgIpc) is 3.40. The van der Waals surface area contributed by atoms with Gasteiger partial charge in [-0.1, -0.05) is 32.0 Å². The average molecular weight is 494 g/mol. The van der Waals surface area contributed by atoms with Crippen molar-refractivity contribution < 1.29 is 28.3 Å². The van der Waals surface area contributed by atoms with Crippen LogP contribution < -0.4 is 25.4 Å². The van der Waals surface area contributed by atoms with Gasteiger partial charge in [0.15, 0.2) is 5.76 Å². The van der Waals surface area contributed by atoms with Gasteiger partial charge in [0.1, 0.15) is 17.5 Å². The number of hydrogen-bond acceptors (Lipinski definition) is 6. The summed E-state index contributed by atoms with van der Waals surface area (Å²) in [6.07, 6.45) is 1.39. The number of nitrogens with one attached hydrogen (secondary N) is 3. The van der Waals surface area contributed by atoms with E-state index >= 15 is 0 Å². The van der Waals surface area contributed by atoms with Crippen LogP contribution in [0.15, 0.2) is 65.3 Å². The highest BCUT2D eigenvalue weighted by atomic mass is 16.5. The van der Waals surface area contributed by atoms with Crippen LogP contribution in [0.5, 0.6) is 11.5 Å². The zero-order valence-electron chi connectivity index (χ0n) is 20.8. The number of ether oxygens (including phenoxy) is 2. The number of benzene rings is 2. The fourth-order valence-electron chi connectivity index (χ4n) is 3.45. The number of amides is 3. The van der Waals surface area contributed by atoms with E-state index in [1.165, 1.54) is 12.3 Å². The minimum Gasteiger partial charge on any atom is -0.492 e. The Morgan fingerprint density at radius 3 is 1.97 bits per heavy atom. The summed E-state index contributed by atoms with van der Waals surface area (Å²) in [7, 11) is 0. The molecule has 3 rings (SSSR count). The lowest BCUT2D eigenvalue weighted by molar-refractivity contribution is -0.118. The molecule has 9 heteroatoms. The van der Waals surface area contributed by atoms with Gasteiger partial charge in [-0.15, -0.1) is 0 Å². The number of rotatable bonds is 11. The van der Waals surface area contributed by atoms with Gasteiger partial charge in [-0.25, -0.2) is 0 Å². The predicted molar refractivity (Wildman–Crippen MR) is 137 cm³/mol. The van der Waals surface area contributed by atoms with Crippen LogP contribution >= 0.6 is 0 Å². The van der Waals surface area contributed by atoms with Gasteiger partial charge >= 0.3 is 0 Å². The maximum Gasteiger partial charge on any atom is 0.287 e. The normalized spacial score (nSPS) is 11.5. The molecule has 0 fully saturated rings. The number of anilines is 2. The third-order valence-electron chi connectivity index (χ3n) is 5.20. The molecule has 0 aliphatic rings. The molecule has 0 saturated heterocycles. The van der Waals surface area contributed by atoms with Gasteiger partial charge in [-0.05, 0) is 44.0 Å². The van der Waals surface area contributed by atoms with E-state index in [1.54, 1.807) is 42.5 Å². The fourth-order valence-corrected chi connectivity index (χ4v) is 3.45. The summed E-state index contributed by atoms with van der Waals surface area (Å²) in [5.74, 6) is -0.631. The first-order chi connectivity index (χ1) is 17.3. The summed E-state index contributed by atoms with van der Waals surface area (Å²) >= 11 is 0. The minimum absolute atomic E-state index is 0.112. The second-order valence-electron chi connectivity index (χ2n) is 8.19. The van der Waals surface area contributed by atoms with E-state index in [0.29, 0.717) is 41.7 Å². The second-order valence-corrected chi connectivity index (χ2v) is 8.19. The van der Waals surface area contributed by atoms with E-state index in [9.17, 15) is 14.4 Å². The molecule has 0 saturated carbocycles. The lowest BCUT2D eigenvalue weighted by Gasteiger charge is -2.23. The highest BCUT2D eigenvalue weighted by molar-refractivity contribution is 6.06. The quantitative estimate of drug-likeness (QED) is 0.356. The molecule has 3 aromatic rings. The van der Waals surface area contributed by atoms with Gasteiger partial charge in [-0.3, -0.25) is 14.4 Å². The van der Waals surface area contributed by atoms with Crippen LogP contribution in [0.1, 0.15) is 48.6 Å². The molecule has 2 aromatic carbocycles. The van der Waals surface area contributed by atoms with Crippen LogP contribution in [-0.4, -0.2) is 37.0 Å². The third kappa shape index (κ3) is 6.65. The first-order valence-electron chi connectivity index (χ1n) is 11.8. The van der Waals surface area contributed by atoms with E-state index in [1.807, 2.05) is 33.8 Å². The van der Waals surface area contributed by atoms with E-state index in [0.717, 1.165) is 0 Å². The molecule has 3 N–H and O–H groups in total. The van der Waals surface area contributed by atoms with Crippen molar-refractivity contribution in [3.63, 3.8) is 0 Å². The van der Waals surface area contributed by atoms with Crippen molar-refractivity contribution >= 4 is 29.1 Å². The van der Waals surface area contributed by atoms with E-state index < -0.39 is 17.9 Å². The highest BCUT2D eigenvalue weighted by Crippen LogP contribution is 2.37. The first-order valence-corrected chi connectivity index (χ1v) is 11.8. The standard InChI is InChI=1S/C27H31N3O6/c1-5-34-22-16-20(29-27(33)24(17(3)4)30-26(32)21-13-10-14-36-21)23(35-6-2)15-19(22)28-25(31)18-11-8-7-9-12-18/h7-17,24H,5-6H2,1-4H3,(H,28,31)(H,29,33)(H,30,32)/t24-/m0/s1. The Labute approximate surface area is 210 Å². The first kappa shape index (κ1) is 26.3.